The molecule has 4 unspecified atom stereocenters. The molecule has 4 heterocycles. The Balaban J connectivity index is 1.65. The average molecular weight is 419 g/mol. The normalized spacial score (nSPS) is 22.9. The second-order valence-electron chi connectivity index (χ2n) is 6.31. The van der Waals surface area contributed by atoms with Gasteiger partial charge >= 0.3 is 9.68 Å². The van der Waals surface area contributed by atoms with Crippen molar-refractivity contribution >= 4 is 43.3 Å². The lowest BCUT2D eigenvalue weighted by atomic mass is 10.2. The highest BCUT2D eigenvalue weighted by Gasteiger charge is 2.39. The van der Waals surface area contributed by atoms with Crippen molar-refractivity contribution in [2.24, 2.45) is 0 Å². The Morgan fingerprint density at radius 2 is 2.45 bits per heavy atom. The molecule has 1 aliphatic rings. The van der Waals surface area contributed by atoms with Crippen LogP contribution in [0.25, 0.3) is 17.2 Å². The highest BCUT2D eigenvalue weighted by molar-refractivity contribution is 7.23. The monoisotopic (exact) mass is 419 g/mol. The Bertz CT molecular complexity index is 1120. The second kappa shape index (κ2) is 8.03. The molecular weight excluding hydrogens is 399 g/mol. The standard InChI is InChI=1S/C16H17N8O4P/c17-14-13-15(21-7-20-14)24(12-3-9(25)10(28-12)5-29-27)16(23-13)22-11(26)2-1-8-4-18-6-19-8/h1-2,4,6-7,9-10,12,25H,3,5H2,(H,18,19)(H2,17,20,21)(H,22,23,26)/p+1/i/hT. The van der Waals surface area contributed by atoms with E-state index in [1.54, 1.807) is 12.3 Å². The number of aliphatic hydroxyl groups is 1. The fraction of sp³-hybridized carbons (Fsp3) is 0.312. The number of hydrogen-bond acceptors (Lipinski definition) is 9. The smallest absolute Gasteiger partial charge is 0.388 e. The topological polar surface area (TPSA) is 174 Å². The number of hydrogen-bond donors (Lipinski definition) is 4. The summed E-state index contributed by atoms with van der Waals surface area (Å²) in [5.74, 6) is -0.256. The number of aliphatic hydroxyl groups excluding tert-OH is 1. The largest absolute Gasteiger partial charge is 0.390 e. The molecule has 0 saturated carbocycles. The summed E-state index contributed by atoms with van der Waals surface area (Å²) in [7, 11) is -2.24. The van der Waals surface area contributed by atoms with Crippen LogP contribution in [0.4, 0.5) is 11.8 Å². The van der Waals surface area contributed by atoms with Crippen LogP contribution in [-0.4, -0.2) is 60.1 Å². The highest BCUT2D eigenvalue weighted by atomic mass is 31.1. The number of aromatic nitrogens is 6. The third kappa shape index (κ3) is 3.86. The number of rotatable bonds is 6. The Morgan fingerprint density at radius 3 is 3.21 bits per heavy atom. The lowest BCUT2D eigenvalue weighted by Gasteiger charge is -2.15. The Kier molecular flexibility index (Phi) is 4.95. The summed E-state index contributed by atoms with van der Waals surface area (Å²) >= 11 is 0. The molecule has 3 aromatic heterocycles. The lowest BCUT2D eigenvalue weighted by molar-refractivity contribution is -0.111. The summed E-state index contributed by atoms with van der Waals surface area (Å²) in [6.45, 7) is 0. The first-order valence-electron chi connectivity index (χ1n) is 9.10. The maximum absolute atomic E-state index is 12.4. The van der Waals surface area contributed by atoms with Gasteiger partial charge in [-0.05, 0) is 6.08 Å². The molecule has 1 amide bonds. The number of nitrogen functional groups attached to an aromatic ring is 1. The minimum absolute atomic E-state index is 0.101. The first kappa shape index (κ1) is 17.9. The van der Waals surface area contributed by atoms with Crippen LogP contribution in [-0.2, 0) is 14.1 Å². The van der Waals surface area contributed by atoms with Gasteiger partial charge in [-0.1, -0.05) is 4.57 Å². The first-order valence-corrected chi connectivity index (χ1v) is 9.65. The molecule has 150 valence electrons. The molecule has 0 spiro atoms. The van der Waals surface area contributed by atoms with Crippen molar-refractivity contribution in [2.75, 3.05) is 17.2 Å². The van der Waals surface area contributed by atoms with Crippen molar-refractivity contribution in [1.29, 1.82) is 1.28 Å². The van der Waals surface area contributed by atoms with Crippen molar-refractivity contribution < 1.29 is 19.2 Å². The second-order valence-corrected chi connectivity index (χ2v) is 6.93. The fourth-order valence-corrected chi connectivity index (χ4v) is 3.55. The van der Waals surface area contributed by atoms with Gasteiger partial charge in [0.05, 0.1) is 24.3 Å². The molecular formula is C16H18N8O4P+. The third-order valence-electron chi connectivity index (χ3n) is 4.42. The van der Waals surface area contributed by atoms with Crippen LogP contribution in [0.15, 0.2) is 24.9 Å². The van der Waals surface area contributed by atoms with Crippen LogP contribution >= 0.6 is 8.41 Å². The van der Waals surface area contributed by atoms with Gasteiger partial charge in [-0.25, -0.2) is 19.9 Å². The van der Waals surface area contributed by atoms with Crippen molar-refractivity contribution in [3.63, 3.8) is 0 Å². The molecule has 1 fully saturated rings. The highest BCUT2D eigenvalue weighted by Crippen LogP contribution is 2.35. The number of imidazole rings is 2. The zero-order valence-electron chi connectivity index (χ0n) is 16.0. The average Bonchev–Trinajstić information content (AvgIpc) is 3.40. The predicted molar refractivity (Wildman–Crippen MR) is 104 cm³/mol. The number of H-pyrrole nitrogens is 1. The molecule has 5 N–H and O–H groups in total. The van der Waals surface area contributed by atoms with Crippen LogP contribution in [0.3, 0.4) is 0 Å². The number of carbonyl (C=O) groups is 1. The number of nitrogens with one attached hydrogen (secondary N) is 2. The van der Waals surface area contributed by atoms with Crippen molar-refractivity contribution in [1.82, 2.24) is 29.5 Å². The molecule has 13 heteroatoms. The molecule has 1 aliphatic heterocycles. The number of amides is 1. The molecule has 0 radical (unpaired) electrons. The van der Waals surface area contributed by atoms with Gasteiger partial charge in [0.2, 0.25) is 5.95 Å². The van der Waals surface area contributed by atoms with Gasteiger partial charge in [0.1, 0.15) is 18.7 Å². The number of nitrogens with zero attached hydrogens (tertiary/aromatic N) is 5. The molecule has 4 atom stereocenters. The molecule has 1 saturated heterocycles. The van der Waals surface area contributed by atoms with Crippen molar-refractivity contribution in [3.8, 4) is 0 Å². The minimum atomic E-state index is -2.24. The number of carbonyl (C=O) groups excluding carboxylic acids is 1. The number of aromatic amines is 1. The molecule has 12 nitrogen and oxygen atoms in total. The van der Waals surface area contributed by atoms with Gasteiger partial charge in [-0.3, -0.25) is 14.7 Å². The van der Waals surface area contributed by atoms with Gasteiger partial charge in [0.15, 0.2) is 23.1 Å². The third-order valence-corrected chi connectivity index (χ3v) is 4.93. The van der Waals surface area contributed by atoms with E-state index in [1.165, 1.54) is 23.3 Å². The summed E-state index contributed by atoms with van der Waals surface area (Å²) in [6, 6.07) is 0. The fourth-order valence-electron chi connectivity index (χ4n) is 3.07. The van der Waals surface area contributed by atoms with Crippen LogP contribution < -0.4 is 11.1 Å². The number of nitrogens with two attached hydrogens (primary N) is 1. The molecule has 0 aliphatic carbocycles. The first-order chi connectivity index (χ1) is 14.4. The summed E-state index contributed by atoms with van der Waals surface area (Å²) in [5, 5.41) is 12.9. The van der Waals surface area contributed by atoms with E-state index >= 15 is 0 Å². The van der Waals surface area contributed by atoms with Gasteiger partial charge in [0.25, 0.3) is 5.91 Å². The van der Waals surface area contributed by atoms with Crippen LogP contribution in [0.1, 0.15) is 18.3 Å². The maximum atomic E-state index is 12.4. The van der Waals surface area contributed by atoms with Crippen LogP contribution in [0, 0.1) is 0 Å². The maximum Gasteiger partial charge on any atom is 0.388 e. The van der Waals surface area contributed by atoms with Gasteiger partial charge in [-0.2, -0.15) is 0 Å². The zero-order chi connectivity index (χ0) is 21.3. The number of fused-ring (bicyclic) bond motifs is 1. The molecule has 0 bridgehead atoms. The summed E-state index contributed by atoms with van der Waals surface area (Å²) in [4.78, 5) is 31.5. The van der Waals surface area contributed by atoms with E-state index in [1.807, 2.05) is 0 Å². The Hall–Kier alpha value is -3.21. The van der Waals surface area contributed by atoms with Gasteiger partial charge < -0.3 is 20.6 Å². The van der Waals surface area contributed by atoms with E-state index in [9.17, 15) is 14.5 Å². The molecule has 3 aromatic rings. The lowest BCUT2D eigenvalue weighted by Crippen LogP contribution is -2.22. The summed E-state index contributed by atoms with van der Waals surface area (Å²) in [5.41, 5.74) is 7.11. The summed E-state index contributed by atoms with van der Waals surface area (Å²) < 4.78 is 25.8. The van der Waals surface area contributed by atoms with Crippen LogP contribution in [0.5, 0.6) is 0 Å². The van der Waals surface area contributed by atoms with E-state index in [-0.39, 0.29) is 29.9 Å². The van der Waals surface area contributed by atoms with Gasteiger partial charge in [-0.15, -0.1) is 0 Å². The SMILES string of the molecule is [3H][P+](=O)CC1OC(n2c(NC(=O)C=Cc3cnc[nH]3)nc3c(N)ncnc32)CC1O. The molecule has 4 rings (SSSR count). The molecule has 29 heavy (non-hydrogen) atoms. The Morgan fingerprint density at radius 1 is 1.59 bits per heavy atom. The van der Waals surface area contributed by atoms with Crippen molar-refractivity contribution in [2.45, 2.75) is 24.9 Å². The van der Waals surface area contributed by atoms with E-state index < -0.39 is 32.7 Å². The van der Waals surface area contributed by atoms with Crippen molar-refractivity contribution in [3.05, 3.63) is 30.6 Å². The quantitative estimate of drug-likeness (QED) is 0.327. The number of ether oxygens (including phenoxy) is 1. The van der Waals surface area contributed by atoms with E-state index in [4.69, 9.17) is 11.7 Å². The summed E-state index contributed by atoms with van der Waals surface area (Å²) in [6.07, 6.45) is 4.69. The van der Waals surface area contributed by atoms with E-state index in [0.717, 1.165) is 0 Å². The van der Waals surface area contributed by atoms with E-state index in [0.29, 0.717) is 11.3 Å². The number of anilines is 2. The Labute approximate surface area is 166 Å². The van der Waals surface area contributed by atoms with E-state index in [2.05, 4.69) is 30.2 Å². The molecule has 0 aromatic carbocycles. The zero-order valence-corrected chi connectivity index (χ0v) is 15.9. The minimum Gasteiger partial charge on any atom is -0.390 e. The van der Waals surface area contributed by atoms with Gasteiger partial charge in [0, 0.05) is 12.5 Å². The van der Waals surface area contributed by atoms with Crippen LogP contribution in [0.2, 0.25) is 0 Å². The predicted octanol–water partition coefficient (Wildman–Crippen LogP) is 0.456.